The van der Waals surface area contributed by atoms with Crippen molar-refractivity contribution in [3.05, 3.63) is 78.3 Å². The quantitative estimate of drug-likeness (QED) is 0.561. The Morgan fingerprint density at radius 1 is 1.07 bits per heavy atom. The third-order valence-corrected chi connectivity index (χ3v) is 5.58. The lowest BCUT2D eigenvalue weighted by molar-refractivity contribution is -0.116. The SMILES string of the molecule is O=C(C=Cc1cn(-c2ccccc2)nc1-c1ccc(F)cc1)NCC1CCCCC1. The van der Waals surface area contributed by atoms with Gasteiger partial charge in [-0.25, -0.2) is 9.07 Å². The first-order chi connectivity index (χ1) is 14.7. The van der Waals surface area contributed by atoms with Gasteiger partial charge in [-0.3, -0.25) is 4.79 Å². The van der Waals surface area contributed by atoms with E-state index in [0.717, 1.165) is 23.4 Å². The zero-order chi connectivity index (χ0) is 20.8. The molecule has 0 bridgehead atoms. The highest BCUT2D eigenvalue weighted by Gasteiger charge is 2.14. The summed E-state index contributed by atoms with van der Waals surface area (Å²) in [5.74, 6) is 0.199. The van der Waals surface area contributed by atoms with Crippen molar-refractivity contribution in [3.8, 4) is 16.9 Å². The van der Waals surface area contributed by atoms with Gasteiger partial charge < -0.3 is 5.32 Å². The molecule has 0 aliphatic heterocycles. The maximum atomic E-state index is 13.4. The molecule has 4 rings (SSSR count). The van der Waals surface area contributed by atoms with Crippen molar-refractivity contribution in [2.75, 3.05) is 6.54 Å². The molecule has 0 saturated heterocycles. The Kier molecular flexibility index (Phi) is 6.38. The van der Waals surface area contributed by atoms with E-state index in [2.05, 4.69) is 10.4 Å². The summed E-state index contributed by atoms with van der Waals surface area (Å²) >= 11 is 0. The van der Waals surface area contributed by atoms with Crippen LogP contribution in [0.25, 0.3) is 23.0 Å². The van der Waals surface area contributed by atoms with E-state index in [9.17, 15) is 9.18 Å². The molecule has 1 saturated carbocycles. The van der Waals surface area contributed by atoms with Gasteiger partial charge in [0.15, 0.2) is 0 Å². The predicted octanol–water partition coefficient (Wildman–Crippen LogP) is 5.39. The predicted molar refractivity (Wildman–Crippen MR) is 118 cm³/mol. The number of hydrogen-bond acceptors (Lipinski definition) is 2. The second-order valence-corrected chi connectivity index (χ2v) is 7.80. The number of hydrogen-bond donors (Lipinski definition) is 1. The normalized spacial score (nSPS) is 14.8. The number of amides is 1. The van der Waals surface area contributed by atoms with E-state index in [4.69, 9.17) is 0 Å². The first-order valence-corrected chi connectivity index (χ1v) is 10.6. The molecule has 4 nitrogen and oxygen atoms in total. The van der Waals surface area contributed by atoms with Gasteiger partial charge >= 0.3 is 0 Å². The molecule has 3 aromatic rings. The monoisotopic (exact) mass is 403 g/mol. The average molecular weight is 404 g/mol. The van der Waals surface area contributed by atoms with Crippen LogP contribution in [0.2, 0.25) is 0 Å². The fraction of sp³-hybridized carbons (Fsp3) is 0.280. The molecule has 30 heavy (non-hydrogen) atoms. The molecule has 0 atom stereocenters. The summed E-state index contributed by atoms with van der Waals surface area (Å²) in [4.78, 5) is 12.4. The number of rotatable bonds is 6. The summed E-state index contributed by atoms with van der Waals surface area (Å²) < 4.78 is 15.1. The number of para-hydroxylation sites is 1. The standard InChI is InChI=1S/C25H26FN3O/c26-22-14-11-20(12-15-22)25-21(18-29(28-25)23-9-5-2-6-10-23)13-16-24(30)27-17-19-7-3-1-4-8-19/h2,5-6,9-16,18-19H,1,3-4,7-8,17H2,(H,27,30). The zero-order valence-corrected chi connectivity index (χ0v) is 16.9. The molecule has 0 radical (unpaired) electrons. The van der Waals surface area contributed by atoms with Gasteiger partial charge in [0.2, 0.25) is 5.91 Å². The second kappa shape index (κ2) is 9.53. The molecular weight excluding hydrogens is 377 g/mol. The van der Waals surface area contributed by atoms with Crippen LogP contribution in [0.3, 0.4) is 0 Å². The van der Waals surface area contributed by atoms with Gasteiger partial charge in [-0.05, 0) is 61.2 Å². The molecule has 1 aromatic heterocycles. The van der Waals surface area contributed by atoms with Crippen LogP contribution < -0.4 is 5.32 Å². The zero-order valence-electron chi connectivity index (χ0n) is 16.9. The van der Waals surface area contributed by atoms with Crippen LogP contribution in [-0.4, -0.2) is 22.2 Å². The van der Waals surface area contributed by atoms with Gasteiger partial charge in [0.25, 0.3) is 0 Å². The van der Waals surface area contributed by atoms with Crippen LogP contribution >= 0.6 is 0 Å². The number of halogens is 1. The van der Waals surface area contributed by atoms with Crippen LogP contribution in [0.5, 0.6) is 0 Å². The highest BCUT2D eigenvalue weighted by atomic mass is 19.1. The Hall–Kier alpha value is -3.21. The molecule has 0 spiro atoms. The van der Waals surface area contributed by atoms with Crippen molar-refractivity contribution in [1.82, 2.24) is 15.1 Å². The minimum atomic E-state index is -0.291. The Labute approximate surface area is 176 Å². The van der Waals surface area contributed by atoms with Gasteiger partial charge in [0.1, 0.15) is 5.82 Å². The number of aromatic nitrogens is 2. The highest BCUT2D eigenvalue weighted by Crippen LogP contribution is 2.25. The van der Waals surface area contributed by atoms with E-state index >= 15 is 0 Å². The van der Waals surface area contributed by atoms with Crippen molar-refractivity contribution in [3.63, 3.8) is 0 Å². The first-order valence-electron chi connectivity index (χ1n) is 10.6. The number of benzene rings is 2. The molecule has 1 amide bonds. The van der Waals surface area contributed by atoms with Crippen molar-refractivity contribution in [2.24, 2.45) is 5.92 Å². The van der Waals surface area contributed by atoms with Crippen LogP contribution in [0.1, 0.15) is 37.7 Å². The summed E-state index contributed by atoms with van der Waals surface area (Å²) in [7, 11) is 0. The van der Waals surface area contributed by atoms with Crippen LogP contribution in [0.15, 0.2) is 66.9 Å². The fourth-order valence-electron chi connectivity index (χ4n) is 3.91. The Morgan fingerprint density at radius 3 is 2.53 bits per heavy atom. The summed E-state index contributed by atoms with van der Waals surface area (Å²) in [5.41, 5.74) is 3.23. The highest BCUT2D eigenvalue weighted by molar-refractivity contribution is 5.92. The lowest BCUT2D eigenvalue weighted by atomic mass is 9.89. The summed E-state index contributed by atoms with van der Waals surface area (Å²) in [6.07, 6.45) is 11.4. The van der Waals surface area contributed by atoms with E-state index in [1.807, 2.05) is 36.5 Å². The van der Waals surface area contributed by atoms with Crippen molar-refractivity contribution in [1.29, 1.82) is 0 Å². The Balaban J connectivity index is 1.54. The molecule has 1 aliphatic rings. The third kappa shape index (κ3) is 5.03. The van der Waals surface area contributed by atoms with Crippen LogP contribution in [0, 0.1) is 11.7 Å². The lowest BCUT2D eigenvalue weighted by Gasteiger charge is -2.21. The number of carbonyl (C=O) groups is 1. The largest absolute Gasteiger partial charge is 0.352 e. The smallest absolute Gasteiger partial charge is 0.244 e. The Morgan fingerprint density at radius 2 is 1.80 bits per heavy atom. The van der Waals surface area contributed by atoms with Gasteiger partial charge in [-0.15, -0.1) is 0 Å². The van der Waals surface area contributed by atoms with Crippen molar-refractivity contribution < 1.29 is 9.18 Å². The number of nitrogens with zero attached hydrogens (tertiary/aromatic N) is 2. The molecule has 1 aliphatic carbocycles. The van der Waals surface area contributed by atoms with Gasteiger partial charge in [-0.2, -0.15) is 5.10 Å². The van der Waals surface area contributed by atoms with Crippen LogP contribution in [-0.2, 0) is 4.79 Å². The molecule has 5 heteroatoms. The molecule has 1 heterocycles. The minimum Gasteiger partial charge on any atom is -0.352 e. The minimum absolute atomic E-state index is 0.0990. The summed E-state index contributed by atoms with van der Waals surface area (Å²) in [5, 5.41) is 7.71. The van der Waals surface area contributed by atoms with E-state index in [1.165, 1.54) is 44.2 Å². The van der Waals surface area contributed by atoms with Gasteiger partial charge in [-0.1, -0.05) is 37.5 Å². The molecule has 1 N–H and O–H groups in total. The first kappa shape index (κ1) is 20.1. The van der Waals surface area contributed by atoms with Gasteiger partial charge in [0, 0.05) is 29.9 Å². The maximum Gasteiger partial charge on any atom is 0.244 e. The van der Waals surface area contributed by atoms with Gasteiger partial charge in [0.05, 0.1) is 11.4 Å². The van der Waals surface area contributed by atoms with Crippen molar-refractivity contribution >= 4 is 12.0 Å². The van der Waals surface area contributed by atoms with Crippen LogP contribution in [0.4, 0.5) is 4.39 Å². The maximum absolute atomic E-state index is 13.4. The molecule has 1 fully saturated rings. The molecule has 0 unspecified atom stereocenters. The number of nitrogens with one attached hydrogen (secondary N) is 1. The Bertz CT molecular complexity index is 1000. The second-order valence-electron chi connectivity index (χ2n) is 7.80. The van der Waals surface area contributed by atoms with E-state index in [-0.39, 0.29) is 11.7 Å². The van der Waals surface area contributed by atoms with E-state index in [1.54, 1.807) is 29.0 Å². The summed E-state index contributed by atoms with van der Waals surface area (Å²) in [6.45, 7) is 0.733. The summed E-state index contributed by atoms with van der Waals surface area (Å²) in [6, 6.07) is 16.0. The topological polar surface area (TPSA) is 46.9 Å². The van der Waals surface area contributed by atoms with Crippen molar-refractivity contribution in [2.45, 2.75) is 32.1 Å². The molecular formula is C25H26FN3O. The van der Waals surface area contributed by atoms with E-state index < -0.39 is 0 Å². The lowest BCUT2D eigenvalue weighted by Crippen LogP contribution is -2.28. The fourth-order valence-corrected chi connectivity index (χ4v) is 3.91. The molecule has 2 aromatic carbocycles. The average Bonchev–Trinajstić information content (AvgIpc) is 3.22. The number of carbonyl (C=O) groups excluding carboxylic acids is 1. The van der Waals surface area contributed by atoms with E-state index in [0.29, 0.717) is 11.6 Å². The molecule has 154 valence electrons. The third-order valence-electron chi connectivity index (χ3n) is 5.58.